The fraction of sp³-hybridized carbons (Fsp3) is 0. The van der Waals surface area contributed by atoms with Crippen LogP contribution in [0.1, 0.15) is 0 Å². The Labute approximate surface area is 75.2 Å². The maximum absolute atomic E-state index is 8.54. The number of hydrogen-bond acceptors (Lipinski definition) is 6. The predicted octanol–water partition coefficient (Wildman–Crippen LogP) is -5.00. The van der Waals surface area contributed by atoms with Crippen LogP contribution in [0, 0.1) is 0 Å². The van der Waals surface area contributed by atoms with Crippen molar-refractivity contribution < 1.29 is 75.5 Å². The van der Waals surface area contributed by atoms with Gasteiger partial charge in [-0.1, -0.05) is 0 Å². The summed E-state index contributed by atoms with van der Waals surface area (Å²) in [5.41, 5.74) is 0. The van der Waals surface area contributed by atoms with Gasteiger partial charge in [0.05, 0.1) is 0 Å². The van der Waals surface area contributed by atoms with Crippen molar-refractivity contribution in [3.63, 3.8) is 0 Å². The zero-order valence-corrected chi connectivity index (χ0v) is 7.88. The molecule has 9 heteroatoms. The van der Waals surface area contributed by atoms with Crippen molar-refractivity contribution in [1.82, 2.24) is 0 Å². The average Bonchev–Trinajstić information content (AvgIpc) is 1.25. The zero-order valence-electron chi connectivity index (χ0n) is 3.77. The van der Waals surface area contributed by atoms with E-state index in [2.05, 4.69) is 0 Å². The number of hydrogen-bond donors (Lipinski definition) is 0. The quantitative estimate of drug-likeness (QED) is 0.395. The Morgan fingerprint density at radius 2 is 0.778 bits per heavy atom. The fourth-order valence-electron chi connectivity index (χ4n) is 0. The molecule has 9 heavy (non-hydrogen) atoms. The molecule has 0 amide bonds. The van der Waals surface area contributed by atoms with Gasteiger partial charge in [-0.25, -0.2) is 0 Å². The second-order valence-electron chi connectivity index (χ2n) is 0.408. The first kappa shape index (κ1) is 16.7. The van der Waals surface area contributed by atoms with E-state index in [1.165, 1.54) is 0 Å². The molecular weight excluding hydrogens is 248 g/mol. The largest absolute Gasteiger partial charge is 4.00 e. The molecule has 0 fully saturated rings. The van der Waals surface area contributed by atoms with E-state index >= 15 is 0 Å². The van der Waals surface area contributed by atoms with Gasteiger partial charge in [0.15, 0.2) is 0 Å². The molecule has 0 aliphatic rings. The van der Waals surface area contributed by atoms with E-state index in [9.17, 15) is 0 Å². The summed E-state index contributed by atoms with van der Waals surface area (Å²) < 4.78 is 51.2. The van der Waals surface area contributed by atoms with Gasteiger partial charge < -0.3 is 0 Å². The second-order valence-corrected chi connectivity index (χ2v) is 1.68. The van der Waals surface area contributed by atoms with Crippen molar-refractivity contribution in [1.29, 1.82) is 0 Å². The van der Waals surface area contributed by atoms with Crippen molar-refractivity contribution in [3.05, 3.63) is 0 Å². The van der Waals surface area contributed by atoms with E-state index in [1.807, 2.05) is 0 Å². The summed E-state index contributed by atoms with van der Waals surface area (Å²) in [4.78, 5) is 0. The maximum atomic E-state index is 8.54. The van der Waals surface area contributed by atoms with Gasteiger partial charge in [0.1, 0.15) is 0 Å². The standard InChI is InChI=1S/2Cr.6O.Ti/q;;;;4*-1;+4. The summed E-state index contributed by atoms with van der Waals surface area (Å²) in [5.74, 6) is 0. The van der Waals surface area contributed by atoms with Crippen LogP contribution in [-0.2, 0) is 58.8 Å². The third-order valence-corrected chi connectivity index (χ3v) is 0. The van der Waals surface area contributed by atoms with Gasteiger partial charge >= 0.3 is 75.5 Å². The predicted molar refractivity (Wildman–Crippen MR) is 1.37 cm³/mol. The Morgan fingerprint density at radius 3 is 0.778 bits per heavy atom. The van der Waals surface area contributed by atoms with Crippen molar-refractivity contribution >= 4 is 0 Å². The van der Waals surface area contributed by atoms with Crippen LogP contribution in [0.2, 0.25) is 0 Å². The third-order valence-electron chi connectivity index (χ3n) is 0. The van der Waals surface area contributed by atoms with Crippen LogP contribution in [0.25, 0.3) is 0 Å². The summed E-state index contributed by atoms with van der Waals surface area (Å²) in [7, 11) is 0. The summed E-state index contributed by atoms with van der Waals surface area (Å²) in [6.07, 6.45) is 0. The normalized spacial score (nSPS) is 7.78. The minimum Gasteiger partial charge on any atom is 4.00 e. The van der Waals surface area contributed by atoms with Crippen LogP contribution in [0.3, 0.4) is 0 Å². The molecule has 0 aromatic heterocycles. The molecule has 0 rings (SSSR count). The van der Waals surface area contributed by atoms with Gasteiger partial charge in [0.2, 0.25) is 0 Å². The first-order valence-corrected chi connectivity index (χ1v) is 4.12. The van der Waals surface area contributed by atoms with Gasteiger partial charge in [0, 0.05) is 0 Å². The maximum Gasteiger partial charge on any atom is 4.00 e. The van der Waals surface area contributed by atoms with E-state index in [-0.39, 0.29) is 21.7 Å². The monoisotopic (exact) mass is 248 g/mol. The number of rotatable bonds is 0. The van der Waals surface area contributed by atoms with E-state index in [0.717, 1.165) is 0 Å². The van der Waals surface area contributed by atoms with Crippen molar-refractivity contribution in [2.45, 2.75) is 0 Å². The second kappa shape index (κ2) is 12.0. The minimum atomic E-state index is -3.79. The van der Waals surface area contributed by atoms with Gasteiger partial charge in [-0.3, -0.25) is 0 Å². The van der Waals surface area contributed by atoms with E-state index in [0.29, 0.717) is 0 Å². The molecule has 0 unspecified atom stereocenters. The Bertz CT molecular complexity index is 69.1. The summed E-state index contributed by atoms with van der Waals surface area (Å²) in [5, 5.41) is 0. The molecular formula is Cr2O6Ti. The zero-order chi connectivity index (χ0) is 7.15. The smallest absolute Gasteiger partial charge is 4.00 e. The fourth-order valence-corrected chi connectivity index (χ4v) is 0. The average molecular weight is 248 g/mol. The summed E-state index contributed by atoms with van der Waals surface area (Å²) in [6.45, 7) is 0. The van der Waals surface area contributed by atoms with Crippen molar-refractivity contribution in [2.24, 2.45) is 0 Å². The Hall–Kier alpha value is 1.22. The molecule has 0 heterocycles. The Balaban J connectivity index is -0.0000000720. The first-order chi connectivity index (χ1) is 3.46. The molecule has 52 valence electrons. The molecule has 0 aromatic carbocycles. The van der Waals surface area contributed by atoms with Gasteiger partial charge in [-0.2, -0.15) is 0 Å². The van der Waals surface area contributed by atoms with Gasteiger partial charge in [-0.05, 0) is 0 Å². The Kier molecular flexibility index (Phi) is 22.1. The van der Waals surface area contributed by atoms with Crippen LogP contribution in [0.15, 0.2) is 0 Å². The minimum absolute atomic E-state index is 0. The molecule has 0 aromatic rings. The topological polar surface area (TPSA) is 126 Å². The third kappa shape index (κ3) is 323. The van der Waals surface area contributed by atoms with Crippen LogP contribution < -0.4 is 16.6 Å². The van der Waals surface area contributed by atoms with E-state index < -0.39 is 29.5 Å². The summed E-state index contributed by atoms with van der Waals surface area (Å²) >= 11 is -7.58. The van der Waals surface area contributed by atoms with Crippen LogP contribution >= 0.6 is 0 Å². The Morgan fingerprint density at radius 1 is 0.778 bits per heavy atom. The van der Waals surface area contributed by atoms with Gasteiger partial charge in [-0.15, -0.1) is 0 Å². The molecule has 0 saturated heterocycles. The molecule has 0 atom stereocenters. The molecule has 0 radical (unpaired) electrons. The van der Waals surface area contributed by atoms with Crippen molar-refractivity contribution in [2.75, 3.05) is 0 Å². The molecule has 6 nitrogen and oxygen atoms in total. The van der Waals surface area contributed by atoms with Crippen molar-refractivity contribution in [3.8, 4) is 0 Å². The first-order valence-electron chi connectivity index (χ1n) is 1.00. The van der Waals surface area contributed by atoms with Crippen LogP contribution in [0.5, 0.6) is 0 Å². The SMILES string of the molecule is [O]=[Cr]([O-])[O-].[O]=[Cr]([O-])[O-].[Ti+4]. The summed E-state index contributed by atoms with van der Waals surface area (Å²) in [6, 6.07) is 0. The molecule has 0 saturated carbocycles. The van der Waals surface area contributed by atoms with Crippen LogP contribution in [-0.4, -0.2) is 0 Å². The molecule has 0 spiro atoms. The molecule has 0 bridgehead atoms. The molecule has 0 aliphatic heterocycles. The van der Waals surface area contributed by atoms with E-state index in [1.54, 1.807) is 0 Å². The van der Waals surface area contributed by atoms with Gasteiger partial charge in [0.25, 0.3) is 0 Å². The molecule has 0 N–H and O–H groups in total. The van der Waals surface area contributed by atoms with Crippen LogP contribution in [0.4, 0.5) is 0 Å². The van der Waals surface area contributed by atoms with E-state index in [4.69, 9.17) is 24.2 Å². The molecule has 0 aliphatic carbocycles.